The van der Waals surface area contributed by atoms with Crippen molar-refractivity contribution in [1.29, 1.82) is 0 Å². The van der Waals surface area contributed by atoms with Crippen molar-refractivity contribution < 1.29 is 4.74 Å². The van der Waals surface area contributed by atoms with Gasteiger partial charge in [0.1, 0.15) is 11.4 Å². The fourth-order valence-electron chi connectivity index (χ4n) is 2.98. The fraction of sp³-hybridized carbons (Fsp3) is 0.500. The molecule has 1 atom stereocenters. The Morgan fingerprint density at radius 1 is 1.42 bits per heavy atom. The lowest BCUT2D eigenvalue weighted by molar-refractivity contribution is 0.0853. The fourth-order valence-corrected chi connectivity index (χ4v) is 2.98. The molecule has 1 aliphatic heterocycles. The van der Waals surface area contributed by atoms with Gasteiger partial charge in [0.15, 0.2) is 0 Å². The molecule has 1 aliphatic rings. The van der Waals surface area contributed by atoms with Crippen LogP contribution in [0.5, 0.6) is 5.75 Å². The highest BCUT2D eigenvalue weighted by Crippen LogP contribution is 2.38. The predicted octanol–water partition coefficient (Wildman–Crippen LogP) is 3.16. The first-order valence-corrected chi connectivity index (χ1v) is 7.03. The van der Waals surface area contributed by atoms with Gasteiger partial charge < -0.3 is 15.5 Å². The highest BCUT2D eigenvalue weighted by Gasteiger charge is 2.28. The first kappa shape index (κ1) is 12.5. The summed E-state index contributed by atoms with van der Waals surface area (Å²) in [5.41, 5.74) is 9.74. The zero-order valence-electron chi connectivity index (χ0n) is 11.9. The number of ether oxygens (including phenoxy) is 1. The van der Waals surface area contributed by atoms with Crippen LogP contribution in [-0.4, -0.2) is 16.6 Å². The zero-order chi connectivity index (χ0) is 13.6. The minimum atomic E-state index is -0.0572. The topological polar surface area (TPSA) is 51.0 Å². The Balaban J connectivity index is 2.13. The van der Waals surface area contributed by atoms with Crippen LogP contribution in [0, 0.1) is 0 Å². The molecule has 0 bridgehead atoms. The maximum absolute atomic E-state index is 6.11. The molecule has 1 aromatic carbocycles. The molecule has 0 spiro atoms. The number of hydrogen-bond donors (Lipinski definition) is 2. The lowest BCUT2D eigenvalue weighted by Crippen LogP contribution is -2.32. The Morgan fingerprint density at radius 2 is 2.21 bits per heavy atom. The second-order valence-electron chi connectivity index (χ2n) is 6.32. The Bertz CT molecular complexity index is 610. The summed E-state index contributed by atoms with van der Waals surface area (Å²) in [6.45, 7) is 6.36. The van der Waals surface area contributed by atoms with Gasteiger partial charge in [-0.05, 0) is 57.7 Å². The highest BCUT2D eigenvalue weighted by molar-refractivity contribution is 5.89. The van der Waals surface area contributed by atoms with E-state index in [0.717, 1.165) is 25.0 Å². The zero-order valence-corrected chi connectivity index (χ0v) is 11.9. The highest BCUT2D eigenvalue weighted by atomic mass is 16.5. The number of benzene rings is 1. The van der Waals surface area contributed by atoms with Gasteiger partial charge >= 0.3 is 0 Å². The lowest BCUT2D eigenvalue weighted by Gasteiger charge is -2.33. The second kappa shape index (κ2) is 4.27. The molecule has 19 heavy (non-hydrogen) atoms. The molecular formula is C16H22N2O. The summed E-state index contributed by atoms with van der Waals surface area (Å²) < 4.78 is 6.11. The Kier molecular flexibility index (Phi) is 2.82. The Hall–Kier alpha value is -1.48. The predicted molar refractivity (Wildman–Crippen MR) is 78.7 cm³/mol. The van der Waals surface area contributed by atoms with Gasteiger partial charge in [-0.1, -0.05) is 0 Å². The Morgan fingerprint density at radius 3 is 2.95 bits per heavy atom. The molecule has 3 nitrogen and oxygen atoms in total. The van der Waals surface area contributed by atoms with E-state index in [1.54, 1.807) is 0 Å². The van der Waals surface area contributed by atoms with Crippen LogP contribution in [0.1, 0.15) is 38.3 Å². The summed E-state index contributed by atoms with van der Waals surface area (Å²) >= 11 is 0. The minimum Gasteiger partial charge on any atom is -0.488 e. The molecule has 0 saturated heterocycles. The quantitative estimate of drug-likeness (QED) is 0.869. The van der Waals surface area contributed by atoms with Crippen molar-refractivity contribution >= 4 is 10.9 Å². The number of nitrogens with one attached hydrogen (secondary N) is 1. The van der Waals surface area contributed by atoms with Crippen molar-refractivity contribution in [3.63, 3.8) is 0 Å². The van der Waals surface area contributed by atoms with Crippen LogP contribution in [0.25, 0.3) is 10.9 Å². The number of H-pyrrole nitrogens is 1. The average molecular weight is 258 g/mol. The molecule has 0 saturated carbocycles. The van der Waals surface area contributed by atoms with Gasteiger partial charge in [0.25, 0.3) is 0 Å². The number of rotatable bonds is 2. The first-order valence-electron chi connectivity index (χ1n) is 7.03. The summed E-state index contributed by atoms with van der Waals surface area (Å²) in [4.78, 5) is 3.35. The van der Waals surface area contributed by atoms with Gasteiger partial charge in [-0.2, -0.15) is 0 Å². The third kappa shape index (κ3) is 2.23. The average Bonchev–Trinajstić information content (AvgIpc) is 2.70. The maximum atomic E-state index is 6.11. The van der Waals surface area contributed by atoms with Crippen molar-refractivity contribution in [1.82, 2.24) is 4.98 Å². The molecule has 0 aliphatic carbocycles. The Labute approximate surface area is 114 Å². The van der Waals surface area contributed by atoms with E-state index in [1.165, 1.54) is 22.0 Å². The van der Waals surface area contributed by atoms with E-state index >= 15 is 0 Å². The number of fused-ring (bicyclic) bond motifs is 3. The van der Waals surface area contributed by atoms with E-state index in [1.807, 2.05) is 6.92 Å². The van der Waals surface area contributed by atoms with Crippen LogP contribution in [0.15, 0.2) is 18.3 Å². The summed E-state index contributed by atoms with van der Waals surface area (Å²) in [6.07, 6.45) is 5.12. The molecule has 2 heterocycles. The van der Waals surface area contributed by atoms with Crippen LogP contribution < -0.4 is 10.5 Å². The third-order valence-corrected chi connectivity index (χ3v) is 3.90. The molecule has 3 rings (SSSR count). The van der Waals surface area contributed by atoms with Crippen LogP contribution in [0.3, 0.4) is 0 Å². The summed E-state index contributed by atoms with van der Waals surface area (Å²) in [5.74, 6) is 1.04. The van der Waals surface area contributed by atoms with Crippen LogP contribution in [0.2, 0.25) is 0 Å². The van der Waals surface area contributed by atoms with E-state index in [4.69, 9.17) is 10.5 Å². The second-order valence-corrected chi connectivity index (χ2v) is 6.32. The number of nitrogens with two attached hydrogens (primary N) is 1. The molecule has 1 aromatic heterocycles. The first-order chi connectivity index (χ1) is 8.96. The smallest absolute Gasteiger partial charge is 0.124 e. The van der Waals surface area contributed by atoms with Gasteiger partial charge in [-0.25, -0.2) is 0 Å². The van der Waals surface area contributed by atoms with Gasteiger partial charge in [0.2, 0.25) is 0 Å². The van der Waals surface area contributed by atoms with Crippen molar-refractivity contribution in [2.75, 3.05) is 0 Å². The molecule has 0 radical (unpaired) electrons. The molecular weight excluding hydrogens is 236 g/mol. The van der Waals surface area contributed by atoms with E-state index in [-0.39, 0.29) is 11.6 Å². The molecule has 2 aromatic rings. The molecule has 3 N–H and O–H groups in total. The number of hydrogen-bond acceptors (Lipinski definition) is 2. The third-order valence-electron chi connectivity index (χ3n) is 3.90. The molecule has 102 valence electrons. The molecule has 0 fully saturated rings. The van der Waals surface area contributed by atoms with Gasteiger partial charge in [-0.3, -0.25) is 0 Å². The van der Waals surface area contributed by atoms with Crippen molar-refractivity contribution in [2.24, 2.45) is 5.73 Å². The number of aromatic nitrogens is 1. The van der Waals surface area contributed by atoms with Gasteiger partial charge in [-0.15, -0.1) is 0 Å². The lowest BCUT2D eigenvalue weighted by atomic mass is 9.90. The number of aryl methyl sites for hydroxylation is 1. The van der Waals surface area contributed by atoms with Crippen LogP contribution in [-0.2, 0) is 12.8 Å². The van der Waals surface area contributed by atoms with Crippen molar-refractivity contribution in [3.8, 4) is 5.75 Å². The maximum Gasteiger partial charge on any atom is 0.124 e. The normalized spacial score (nSPS) is 18.9. The SMILES string of the molecule is CC(N)Cc1c[nH]c2ccc3c(c12)CCC(C)(C)O3. The van der Waals surface area contributed by atoms with E-state index < -0.39 is 0 Å². The number of aromatic amines is 1. The van der Waals surface area contributed by atoms with E-state index in [2.05, 4.69) is 37.2 Å². The van der Waals surface area contributed by atoms with Crippen LogP contribution in [0.4, 0.5) is 0 Å². The monoisotopic (exact) mass is 258 g/mol. The summed E-state index contributed by atoms with van der Waals surface area (Å²) in [5, 5.41) is 1.32. The van der Waals surface area contributed by atoms with Gasteiger partial charge in [0, 0.05) is 28.7 Å². The summed E-state index contributed by atoms with van der Waals surface area (Å²) in [6, 6.07) is 4.38. The van der Waals surface area contributed by atoms with Crippen LogP contribution >= 0.6 is 0 Å². The van der Waals surface area contributed by atoms with E-state index in [9.17, 15) is 0 Å². The molecule has 0 amide bonds. The largest absolute Gasteiger partial charge is 0.488 e. The van der Waals surface area contributed by atoms with Crippen molar-refractivity contribution in [3.05, 3.63) is 29.5 Å². The standard InChI is InChI=1S/C16H22N2O/c1-10(17)8-11-9-18-13-4-5-14-12(15(11)13)6-7-16(2,3)19-14/h4-5,9-10,18H,6-8,17H2,1-3H3. The summed E-state index contributed by atoms with van der Waals surface area (Å²) in [7, 11) is 0. The minimum absolute atomic E-state index is 0.0572. The molecule has 3 heteroatoms. The van der Waals surface area contributed by atoms with Gasteiger partial charge in [0.05, 0.1) is 0 Å². The van der Waals surface area contributed by atoms with E-state index in [0.29, 0.717) is 0 Å². The molecule has 1 unspecified atom stereocenters. The van der Waals surface area contributed by atoms with Crippen molar-refractivity contribution in [2.45, 2.75) is 51.7 Å².